The van der Waals surface area contributed by atoms with Gasteiger partial charge in [0.05, 0.1) is 0 Å². The van der Waals surface area contributed by atoms with Crippen LogP contribution in [0.2, 0.25) is 0 Å². The average Bonchev–Trinajstić information content (AvgIpc) is 2.40. The second-order valence-electron chi connectivity index (χ2n) is 7.90. The molecule has 2 aliphatic carbocycles. The van der Waals surface area contributed by atoms with Gasteiger partial charge in [-0.25, -0.2) is 0 Å². The Morgan fingerprint density at radius 1 is 1.30 bits per heavy atom. The van der Waals surface area contributed by atoms with Gasteiger partial charge in [-0.15, -0.1) is 15.0 Å². The van der Waals surface area contributed by atoms with Gasteiger partial charge in [-0.3, -0.25) is 0 Å². The monoisotopic (exact) mass is 284 g/mol. The third-order valence-electron chi connectivity index (χ3n) is 5.98. The van der Waals surface area contributed by atoms with E-state index in [1.54, 1.807) is 0 Å². The van der Waals surface area contributed by atoms with Crippen LogP contribution in [-0.2, 0) is 9.98 Å². The first-order valence-corrected chi connectivity index (χ1v) is 8.17. The van der Waals surface area contributed by atoms with Gasteiger partial charge >= 0.3 is 0 Å². The van der Waals surface area contributed by atoms with E-state index in [2.05, 4.69) is 44.7 Å². The van der Waals surface area contributed by atoms with Crippen LogP contribution >= 0.6 is 0 Å². The van der Waals surface area contributed by atoms with Gasteiger partial charge in [0, 0.05) is 11.1 Å². The standard InChI is InChI=1S/C16H32N2O2/c1-6-15(3,4)18(20-19-17)16(5)8-7-13-9-12(2)10-14(16)11-13/h12-14H,6-11,17H2,1-5H3. The fraction of sp³-hybridized carbons (Fsp3) is 1.00. The second-order valence-corrected chi connectivity index (χ2v) is 7.90. The molecular weight excluding hydrogens is 252 g/mol. The van der Waals surface area contributed by atoms with Crippen molar-refractivity contribution in [1.29, 1.82) is 0 Å². The number of fused-ring (bicyclic) bond motifs is 2. The molecule has 2 saturated carbocycles. The number of nitrogens with two attached hydrogens (primary N) is 1. The van der Waals surface area contributed by atoms with Gasteiger partial charge in [0.25, 0.3) is 0 Å². The minimum Gasteiger partial charge on any atom is -0.181 e. The van der Waals surface area contributed by atoms with Gasteiger partial charge in [0.15, 0.2) is 0 Å². The molecule has 0 aromatic rings. The van der Waals surface area contributed by atoms with E-state index in [0.29, 0.717) is 5.92 Å². The van der Waals surface area contributed by atoms with Crippen LogP contribution in [0, 0.1) is 17.8 Å². The Labute approximate surface area is 123 Å². The molecule has 0 spiro atoms. The molecule has 2 aliphatic rings. The van der Waals surface area contributed by atoms with Crippen LogP contribution in [0.1, 0.15) is 73.1 Å². The molecule has 4 unspecified atom stereocenters. The molecule has 0 aromatic carbocycles. The summed E-state index contributed by atoms with van der Waals surface area (Å²) in [4.78, 5) is 10.1. The van der Waals surface area contributed by atoms with Gasteiger partial charge in [0.1, 0.15) is 0 Å². The summed E-state index contributed by atoms with van der Waals surface area (Å²) in [5.74, 6) is 7.64. The highest BCUT2D eigenvalue weighted by atomic mass is 17.3. The molecule has 2 N–H and O–H groups in total. The number of hydrogen-bond acceptors (Lipinski definition) is 4. The van der Waals surface area contributed by atoms with E-state index in [1.165, 1.54) is 32.1 Å². The first-order valence-electron chi connectivity index (χ1n) is 8.17. The third-order valence-corrected chi connectivity index (χ3v) is 5.98. The van der Waals surface area contributed by atoms with Crippen LogP contribution in [0.15, 0.2) is 0 Å². The van der Waals surface area contributed by atoms with Crippen LogP contribution in [0.5, 0.6) is 0 Å². The van der Waals surface area contributed by atoms with E-state index in [-0.39, 0.29) is 11.1 Å². The Bertz CT molecular complexity index is 332. The molecule has 0 aliphatic heterocycles. The summed E-state index contributed by atoms with van der Waals surface area (Å²) in [6.07, 6.45) is 7.47. The Balaban J connectivity index is 2.25. The van der Waals surface area contributed by atoms with Crippen LogP contribution in [0.3, 0.4) is 0 Å². The normalized spacial score (nSPS) is 38.2. The molecule has 2 fully saturated rings. The number of hydroxylamine groups is 2. The summed E-state index contributed by atoms with van der Waals surface area (Å²) in [6.45, 7) is 11.3. The van der Waals surface area contributed by atoms with E-state index in [4.69, 9.17) is 10.9 Å². The first kappa shape index (κ1) is 16.2. The van der Waals surface area contributed by atoms with E-state index in [9.17, 15) is 0 Å². The van der Waals surface area contributed by atoms with Crippen LogP contribution < -0.4 is 5.90 Å². The molecule has 2 bridgehead atoms. The highest BCUT2D eigenvalue weighted by Crippen LogP contribution is 2.51. The van der Waals surface area contributed by atoms with Crippen LogP contribution in [0.4, 0.5) is 0 Å². The second kappa shape index (κ2) is 5.91. The zero-order valence-corrected chi connectivity index (χ0v) is 13.8. The minimum absolute atomic E-state index is 0.0179. The topological polar surface area (TPSA) is 47.7 Å². The Kier molecular flexibility index (Phi) is 4.80. The van der Waals surface area contributed by atoms with Gasteiger partial charge in [-0.1, -0.05) is 13.8 Å². The lowest BCUT2D eigenvalue weighted by atomic mass is 9.60. The fourth-order valence-corrected chi connectivity index (χ4v) is 4.52. The van der Waals surface area contributed by atoms with Gasteiger partial charge in [0.2, 0.25) is 0 Å². The van der Waals surface area contributed by atoms with Crippen molar-refractivity contribution in [3.05, 3.63) is 0 Å². The van der Waals surface area contributed by atoms with Gasteiger partial charge in [-0.2, -0.15) is 5.90 Å². The van der Waals surface area contributed by atoms with Gasteiger partial charge in [-0.05, 0) is 77.0 Å². The van der Waals surface area contributed by atoms with Gasteiger partial charge < -0.3 is 0 Å². The van der Waals surface area contributed by atoms with E-state index < -0.39 is 0 Å². The van der Waals surface area contributed by atoms with Crippen molar-refractivity contribution in [2.24, 2.45) is 23.7 Å². The minimum atomic E-state index is -0.0817. The summed E-state index contributed by atoms with van der Waals surface area (Å²) in [7, 11) is 0. The van der Waals surface area contributed by atoms with E-state index >= 15 is 0 Å². The number of nitrogens with zero attached hydrogens (tertiary/aromatic N) is 1. The van der Waals surface area contributed by atoms with Crippen molar-refractivity contribution in [1.82, 2.24) is 5.06 Å². The molecule has 20 heavy (non-hydrogen) atoms. The molecule has 4 atom stereocenters. The van der Waals surface area contributed by atoms with Crippen LogP contribution in [0.25, 0.3) is 0 Å². The lowest BCUT2D eigenvalue weighted by Crippen LogP contribution is -2.62. The number of rotatable bonds is 5. The summed E-state index contributed by atoms with van der Waals surface area (Å²) in [5.41, 5.74) is -0.0638. The molecular formula is C16H32N2O2. The summed E-state index contributed by atoms with van der Waals surface area (Å²) in [5, 5.41) is 2.05. The maximum absolute atomic E-state index is 5.48. The highest BCUT2D eigenvalue weighted by Gasteiger charge is 2.51. The quantitative estimate of drug-likeness (QED) is 0.616. The highest BCUT2D eigenvalue weighted by molar-refractivity contribution is 5.01. The summed E-state index contributed by atoms with van der Waals surface area (Å²) >= 11 is 0. The lowest BCUT2D eigenvalue weighted by Gasteiger charge is -2.56. The summed E-state index contributed by atoms with van der Waals surface area (Å²) in [6, 6.07) is 0. The molecule has 0 amide bonds. The zero-order chi connectivity index (χ0) is 15.0. The largest absolute Gasteiger partial charge is 0.181 e. The molecule has 118 valence electrons. The average molecular weight is 284 g/mol. The molecule has 0 aromatic heterocycles. The molecule has 0 heterocycles. The molecule has 0 radical (unpaired) electrons. The lowest BCUT2D eigenvalue weighted by molar-refractivity contribution is -0.482. The molecule has 0 saturated heterocycles. The van der Waals surface area contributed by atoms with Crippen molar-refractivity contribution >= 4 is 0 Å². The van der Waals surface area contributed by atoms with Crippen LogP contribution in [-0.4, -0.2) is 16.1 Å². The fourth-order valence-electron chi connectivity index (χ4n) is 4.52. The Morgan fingerprint density at radius 2 is 2.00 bits per heavy atom. The van der Waals surface area contributed by atoms with Crippen molar-refractivity contribution in [2.45, 2.75) is 84.2 Å². The van der Waals surface area contributed by atoms with E-state index in [1.807, 2.05) is 0 Å². The van der Waals surface area contributed by atoms with E-state index in [0.717, 1.165) is 18.3 Å². The van der Waals surface area contributed by atoms with Crippen molar-refractivity contribution in [3.8, 4) is 0 Å². The maximum atomic E-state index is 5.48. The SMILES string of the molecule is CCC(C)(C)N(OON)C1(C)CCC2CC(C)CC1C2. The number of hydrogen-bond donors (Lipinski definition) is 1. The first-order chi connectivity index (χ1) is 9.33. The summed E-state index contributed by atoms with van der Waals surface area (Å²) < 4.78 is 0. The predicted molar refractivity (Wildman–Crippen MR) is 80.2 cm³/mol. The Morgan fingerprint density at radius 3 is 2.60 bits per heavy atom. The molecule has 4 nitrogen and oxygen atoms in total. The van der Waals surface area contributed by atoms with Crippen molar-refractivity contribution < 1.29 is 9.98 Å². The van der Waals surface area contributed by atoms with Crippen molar-refractivity contribution in [3.63, 3.8) is 0 Å². The maximum Gasteiger partial charge on any atom is 0.0500 e. The third kappa shape index (κ3) is 2.89. The molecule has 4 heteroatoms. The zero-order valence-electron chi connectivity index (χ0n) is 13.8. The van der Waals surface area contributed by atoms with Crippen molar-refractivity contribution in [2.75, 3.05) is 0 Å². The molecule has 2 rings (SSSR count). The Hall–Kier alpha value is -0.160. The smallest absolute Gasteiger partial charge is 0.0500 e. The predicted octanol–water partition coefficient (Wildman–Crippen LogP) is 3.82.